The lowest BCUT2D eigenvalue weighted by molar-refractivity contribution is -0.384. The van der Waals surface area contributed by atoms with Crippen LogP contribution in [-0.4, -0.2) is 24.0 Å². The van der Waals surface area contributed by atoms with Crippen molar-refractivity contribution in [2.45, 2.75) is 0 Å². The standard InChI is InChI=1S/C15H16N6O4/c1-24-11-2-4-12(5-3-11)25-13-7-9(6-10(8-13)21(22)23)19-15(18)20-14(16)17/h2-8H,1H3,(H6,16,17,18,19,20). The number of methoxy groups -OCH3 is 1. The maximum atomic E-state index is 11.1. The van der Waals surface area contributed by atoms with E-state index >= 15 is 0 Å². The van der Waals surface area contributed by atoms with Gasteiger partial charge in [0, 0.05) is 12.1 Å². The number of non-ortho nitro benzene ring substituents is 1. The largest absolute Gasteiger partial charge is 0.497 e. The van der Waals surface area contributed by atoms with Crippen LogP contribution in [0.3, 0.4) is 0 Å². The predicted octanol–water partition coefficient (Wildman–Crippen LogP) is 1.62. The molecule has 0 saturated carbocycles. The van der Waals surface area contributed by atoms with Crippen LogP contribution in [0.15, 0.2) is 52.4 Å². The highest BCUT2D eigenvalue weighted by Crippen LogP contribution is 2.31. The molecule has 0 amide bonds. The molecule has 10 heteroatoms. The van der Waals surface area contributed by atoms with Gasteiger partial charge in [0.05, 0.1) is 23.8 Å². The van der Waals surface area contributed by atoms with Gasteiger partial charge in [-0.2, -0.15) is 4.99 Å². The summed E-state index contributed by atoms with van der Waals surface area (Å²) < 4.78 is 10.7. The van der Waals surface area contributed by atoms with Crippen molar-refractivity contribution in [1.82, 2.24) is 0 Å². The number of nitro benzene ring substituents is 1. The molecule has 25 heavy (non-hydrogen) atoms. The van der Waals surface area contributed by atoms with Crippen LogP contribution < -0.4 is 26.7 Å². The van der Waals surface area contributed by atoms with Gasteiger partial charge in [0.25, 0.3) is 5.69 Å². The Kier molecular flexibility index (Phi) is 5.36. The lowest BCUT2D eigenvalue weighted by Crippen LogP contribution is -2.26. The van der Waals surface area contributed by atoms with E-state index in [2.05, 4.69) is 9.98 Å². The first-order chi connectivity index (χ1) is 11.9. The minimum Gasteiger partial charge on any atom is -0.497 e. The first-order valence-corrected chi connectivity index (χ1v) is 6.92. The number of ether oxygens (including phenoxy) is 2. The van der Waals surface area contributed by atoms with Gasteiger partial charge in [0.2, 0.25) is 5.96 Å². The number of guanidine groups is 2. The first-order valence-electron chi connectivity index (χ1n) is 6.92. The molecule has 0 aliphatic carbocycles. The predicted molar refractivity (Wildman–Crippen MR) is 93.3 cm³/mol. The molecule has 0 aromatic heterocycles. The molecular weight excluding hydrogens is 328 g/mol. The van der Waals surface area contributed by atoms with Crippen LogP contribution in [0.1, 0.15) is 0 Å². The fourth-order valence-electron chi connectivity index (χ4n) is 1.87. The Labute approximate surface area is 142 Å². The average Bonchev–Trinajstić information content (AvgIpc) is 2.54. The molecule has 0 atom stereocenters. The molecule has 0 fully saturated rings. The number of nitro groups is 1. The van der Waals surface area contributed by atoms with E-state index in [1.165, 1.54) is 18.2 Å². The molecule has 0 unspecified atom stereocenters. The molecular formula is C15H16N6O4. The zero-order valence-corrected chi connectivity index (χ0v) is 13.2. The summed E-state index contributed by atoms with van der Waals surface area (Å²) in [6.45, 7) is 0. The van der Waals surface area contributed by atoms with Crippen LogP contribution >= 0.6 is 0 Å². The summed E-state index contributed by atoms with van der Waals surface area (Å²) in [5.41, 5.74) is 15.9. The van der Waals surface area contributed by atoms with Gasteiger partial charge in [-0.15, -0.1) is 0 Å². The highest BCUT2D eigenvalue weighted by molar-refractivity contribution is 5.93. The monoisotopic (exact) mass is 344 g/mol. The fourth-order valence-corrected chi connectivity index (χ4v) is 1.87. The lowest BCUT2D eigenvalue weighted by Gasteiger charge is -2.07. The third-order valence-corrected chi connectivity index (χ3v) is 2.87. The topological polar surface area (TPSA) is 164 Å². The second kappa shape index (κ2) is 7.64. The van der Waals surface area contributed by atoms with Crippen molar-refractivity contribution in [3.63, 3.8) is 0 Å². The molecule has 130 valence electrons. The minimum atomic E-state index is -0.573. The summed E-state index contributed by atoms with van der Waals surface area (Å²) in [7, 11) is 1.54. The van der Waals surface area contributed by atoms with E-state index < -0.39 is 4.92 Å². The summed E-state index contributed by atoms with van der Waals surface area (Å²) in [5.74, 6) is 0.808. The highest BCUT2D eigenvalue weighted by Gasteiger charge is 2.12. The number of hydrogen-bond donors (Lipinski definition) is 3. The Morgan fingerprint density at radius 1 is 1.04 bits per heavy atom. The van der Waals surface area contributed by atoms with Gasteiger partial charge in [-0.05, 0) is 24.3 Å². The number of rotatable bonds is 5. The number of nitrogens with zero attached hydrogens (tertiary/aromatic N) is 3. The molecule has 0 bridgehead atoms. The van der Waals surface area contributed by atoms with Gasteiger partial charge in [0.15, 0.2) is 5.96 Å². The Bertz CT molecular complexity index is 828. The molecule has 6 N–H and O–H groups in total. The van der Waals surface area contributed by atoms with E-state index in [-0.39, 0.29) is 29.0 Å². The normalized spacial score (nSPS) is 10.8. The Balaban J connectivity index is 2.36. The zero-order chi connectivity index (χ0) is 18.4. The number of nitrogens with two attached hydrogens (primary N) is 3. The zero-order valence-electron chi connectivity index (χ0n) is 13.2. The maximum absolute atomic E-state index is 11.1. The van der Waals surface area contributed by atoms with E-state index in [4.69, 9.17) is 26.7 Å². The van der Waals surface area contributed by atoms with Gasteiger partial charge in [0.1, 0.15) is 17.2 Å². The summed E-state index contributed by atoms with van der Waals surface area (Å²) in [6.07, 6.45) is 0. The van der Waals surface area contributed by atoms with Gasteiger partial charge in [-0.3, -0.25) is 10.1 Å². The summed E-state index contributed by atoms with van der Waals surface area (Å²) in [4.78, 5) is 18.0. The van der Waals surface area contributed by atoms with Crippen LogP contribution in [-0.2, 0) is 0 Å². The average molecular weight is 344 g/mol. The molecule has 2 rings (SSSR count). The second-order valence-electron chi connectivity index (χ2n) is 4.73. The Morgan fingerprint density at radius 2 is 1.68 bits per heavy atom. The van der Waals surface area contributed by atoms with E-state index in [0.29, 0.717) is 11.5 Å². The first kappa shape index (κ1) is 17.5. The Morgan fingerprint density at radius 3 is 2.24 bits per heavy atom. The number of hydrogen-bond acceptors (Lipinski definition) is 5. The van der Waals surface area contributed by atoms with E-state index in [1.54, 1.807) is 31.4 Å². The third-order valence-electron chi connectivity index (χ3n) is 2.87. The van der Waals surface area contributed by atoms with Crippen molar-refractivity contribution in [3.05, 3.63) is 52.6 Å². The maximum Gasteiger partial charge on any atom is 0.275 e. The molecule has 2 aromatic carbocycles. The van der Waals surface area contributed by atoms with Gasteiger partial charge in [-0.25, -0.2) is 4.99 Å². The van der Waals surface area contributed by atoms with E-state index in [9.17, 15) is 10.1 Å². The lowest BCUT2D eigenvalue weighted by atomic mass is 10.2. The van der Waals surface area contributed by atoms with Crippen molar-refractivity contribution in [2.75, 3.05) is 7.11 Å². The molecule has 0 radical (unpaired) electrons. The number of aliphatic imine (C=N–C) groups is 2. The van der Waals surface area contributed by atoms with Crippen molar-refractivity contribution < 1.29 is 14.4 Å². The molecule has 0 aliphatic rings. The molecule has 0 aliphatic heterocycles. The van der Waals surface area contributed by atoms with Gasteiger partial charge >= 0.3 is 0 Å². The third kappa shape index (κ3) is 5.10. The van der Waals surface area contributed by atoms with Crippen LogP contribution in [0.4, 0.5) is 11.4 Å². The molecule has 10 nitrogen and oxygen atoms in total. The fraction of sp³-hybridized carbons (Fsp3) is 0.0667. The van der Waals surface area contributed by atoms with Gasteiger partial charge < -0.3 is 26.7 Å². The van der Waals surface area contributed by atoms with Crippen molar-refractivity contribution in [2.24, 2.45) is 27.2 Å². The minimum absolute atomic E-state index is 0.167. The van der Waals surface area contributed by atoms with Crippen molar-refractivity contribution in [1.29, 1.82) is 0 Å². The summed E-state index contributed by atoms with van der Waals surface area (Å²) in [6, 6.07) is 10.7. The Hall–Kier alpha value is -3.82. The van der Waals surface area contributed by atoms with Crippen LogP contribution in [0.2, 0.25) is 0 Å². The highest BCUT2D eigenvalue weighted by atomic mass is 16.6. The smallest absolute Gasteiger partial charge is 0.275 e. The van der Waals surface area contributed by atoms with E-state index in [1.807, 2.05) is 0 Å². The van der Waals surface area contributed by atoms with Crippen molar-refractivity contribution >= 4 is 23.3 Å². The van der Waals surface area contributed by atoms with Gasteiger partial charge in [-0.1, -0.05) is 0 Å². The van der Waals surface area contributed by atoms with Crippen LogP contribution in [0.25, 0.3) is 0 Å². The molecule has 0 heterocycles. The van der Waals surface area contributed by atoms with E-state index in [0.717, 1.165) is 0 Å². The van der Waals surface area contributed by atoms with Crippen molar-refractivity contribution in [3.8, 4) is 17.2 Å². The SMILES string of the molecule is COc1ccc(Oc2cc(N=C(N)N=C(N)N)cc([N+](=O)[O-])c2)cc1. The van der Waals surface area contributed by atoms with Crippen LogP contribution in [0.5, 0.6) is 17.2 Å². The number of benzene rings is 2. The molecule has 0 saturated heterocycles. The summed E-state index contributed by atoms with van der Waals surface area (Å²) in [5, 5.41) is 11.1. The van der Waals surface area contributed by atoms with Crippen LogP contribution in [0, 0.1) is 10.1 Å². The molecule has 2 aromatic rings. The second-order valence-corrected chi connectivity index (χ2v) is 4.73. The molecule has 0 spiro atoms. The summed E-state index contributed by atoms with van der Waals surface area (Å²) >= 11 is 0. The quantitative estimate of drug-likeness (QED) is 0.321.